The van der Waals surface area contributed by atoms with Gasteiger partial charge in [0.05, 0.1) is 11.5 Å². The number of carbonyl (C=O) groups is 1. The van der Waals surface area contributed by atoms with Crippen molar-refractivity contribution in [1.29, 1.82) is 0 Å². The fourth-order valence-electron chi connectivity index (χ4n) is 2.41. The number of carbonyl (C=O) groups excluding carboxylic acids is 1. The Hall–Kier alpha value is -2.31. The van der Waals surface area contributed by atoms with Gasteiger partial charge in [-0.2, -0.15) is 0 Å². The summed E-state index contributed by atoms with van der Waals surface area (Å²) in [6, 6.07) is 6.27. The van der Waals surface area contributed by atoms with E-state index in [4.69, 9.17) is 9.47 Å². The fraction of sp³-hybridized carbons (Fsp3) is 0.562. The van der Waals surface area contributed by atoms with Crippen molar-refractivity contribution in [3.05, 3.63) is 34.4 Å². The third kappa shape index (κ3) is 4.84. The molecule has 0 bridgehead atoms. The minimum absolute atomic E-state index is 0.0677. The molecule has 0 saturated carbocycles. The molecule has 0 unspecified atom stereocenters. The van der Waals surface area contributed by atoms with E-state index >= 15 is 0 Å². The van der Waals surface area contributed by atoms with E-state index in [0.29, 0.717) is 13.1 Å². The van der Waals surface area contributed by atoms with E-state index in [0.717, 1.165) is 12.8 Å². The van der Waals surface area contributed by atoms with E-state index in [1.807, 2.05) is 20.8 Å². The van der Waals surface area contributed by atoms with Crippen LogP contribution in [-0.4, -0.2) is 40.7 Å². The van der Waals surface area contributed by atoms with Gasteiger partial charge >= 0.3 is 11.8 Å². The number of piperidine rings is 1. The highest BCUT2D eigenvalue weighted by atomic mass is 16.6. The van der Waals surface area contributed by atoms with Gasteiger partial charge in [0, 0.05) is 12.6 Å². The Morgan fingerprint density at radius 3 is 2.70 bits per heavy atom. The first-order chi connectivity index (χ1) is 10.8. The largest absolute Gasteiger partial charge is 0.482 e. The fourth-order valence-corrected chi connectivity index (χ4v) is 2.41. The van der Waals surface area contributed by atoms with Crippen LogP contribution in [0.5, 0.6) is 5.75 Å². The molecule has 1 aliphatic heterocycles. The van der Waals surface area contributed by atoms with Crippen LogP contribution >= 0.6 is 0 Å². The van der Waals surface area contributed by atoms with Gasteiger partial charge in [-0.15, -0.1) is 0 Å². The molecule has 7 heteroatoms. The Morgan fingerprint density at radius 1 is 1.35 bits per heavy atom. The van der Waals surface area contributed by atoms with Crippen LogP contribution in [-0.2, 0) is 4.74 Å². The van der Waals surface area contributed by atoms with E-state index in [9.17, 15) is 14.9 Å². The van der Waals surface area contributed by atoms with Crippen molar-refractivity contribution in [2.24, 2.45) is 0 Å². The minimum atomic E-state index is -0.552. The van der Waals surface area contributed by atoms with Crippen molar-refractivity contribution >= 4 is 11.8 Å². The second-order valence-corrected chi connectivity index (χ2v) is 6.53. The standard InChI is InChI=1S/C16H22N2O5/c1-16(2,3)23-15(19)17-10-6-7-12(11-17)22-14-9-5-4-8-13(14)18(20)21/h4-5,8-9,12H,6-7,10-11H2,1-3H3/t12-/m0/s1. The molecule has 1 saturated heterocycles. The molecule has 0 aromatic heterocycles. The topological polar surface area (TPSA) is 81.9 Å². The number of nitro groups is 1. The number of nitro benzene ring substituents is 1. The van der Waals surface area contributed by atoms with E-state index in [1.165, 1.54) is 6.07 Å². The first-order valence-electron chi connectivity index (χ1n) is 7.64. The van der Waals surface area contributed by atoms with Crippen molar-refractivity contribution in [2.75, 3.05) is 13.1 Å². The highest BCUT2D eigenvalue weighted by Gasteiger charge is 2.29. The molecule has 1 aromatic carbocycles. The van der Waals surface area contributed by atoms with Crippen LogP contribution in [0, 0.1) is 10.1 Å². The lowest BCUT2D eigenvalue weighted by Crippen LogP contribution is -2.46. The smallest absolute Gasteiger partial charge is 0.410 e. The Bertz CT molecular complexity index is 582. The van der Waals surface area contributed by atoms with Crippen LogP contribution in [0.1, 0.15) is 33.6 Å². The first kappa shape index (κ1) is 17.1. The summed E-state index contributed by atoms with van der Waals surface area (Å²) in [6.45, 7) is 6.41. The number of rotatable bonds is 3. The van der Waals surface area contributed by atoms with Gasteiger partial charge < -0.3 is 14.4 Å². The molecule has 0 N–H and O–H groups in total. The van der Waals surface area contributed by atoms with Crippen molar-refractivity contribution < 1.29 is 19.2 Å². The maximum absolute atomic E-state index is 12.1. The Labute approximate surface area is 135 Å². The van der Waals surface area contributed by atoms with Crippen LogP contribution in [0.25, 0.3) is 0 Å². The van der Waals surface area contributed by atoms with Crippen molar-refractivity contribution in [2.45, 2.75) is 45.3 Å². The number of amides is 1. The molecule has 0 spiro atoms. The van der Waals surface area contributed by atoms with Gasteiger partial charge in [0.25, 0.3) is 0 Å². The third-order valence-electron chi connectivity index (χ3n) is 3.39. The van der Waals surface area contributed by atoms with Gasteiger partial charge in [0.1, 0.15) is 11.7 Å². The molecule has 23 heavy (non-hydrogen) atoms. The molecule has 0 aliphatic carbocycles. The van der Waals surface area contributed by atoms with Gasteiger partial charge in [-0.25, -0.2) is 4.79 Å². The maximum Gasteiger partial charge on any atom is 0.410 e. The van der Waals surface area contributed by atoms with Crippen LogP contribution < -0.4 is 4.74 Å². The maximum atomic E-state index is 12.1. The molecule has 2 rings (SSSR count). The predicted octanol–water partition coefficient (Wildman–Crippen LogP) is 3.37. The summed E-state index contributed by atoms with van der Waals surface area (Å²) in [5.41, 5.74) is -0.620. The average Bonchev–Trinajstić information content (AvgIpc) is 2.46. The number of nitrogens with zero attached hydrogens (tertiary/aromatic N) is 2. The van der Waals surface area contributed by atoms with Crippen LogP contribution in [0.4, 0.5) is 10.5 Å². The molecule has 1 amide bonds. The Balaban J connectivity index is 2.02. The van der Waals surface area contributed by atoms with Gasteiger partial charge in [-0.05, 0) is 39.7 Å². The normalized spacial score (nSPS) is 18.4. The molecule has 1 aliphatic rings. The van der Waals surface area contributed by atoms with Crippen LogP contribution in [0.2, 0.25) is 0 Å². The molecule has 126 valence electrons. The van der Waals surface area contributed by atoms with E-state index in [1.54, 1.807) is 23.1 Å². The molecular formula is C16H22N2O5. The van der Waals surface area contributed by atoms with Gasteiger partial charge in [-0.3, -0.25) is 10.1 Å². The zero-order chi connectivity index (χ0) is 17.0. The van der Waals surface area contributed by atoms with Crippen molar-refractivity contribution in [3.63, 3.8) is 0 Å². The quantitative estimate of drug-likeness (QED) is 0.629. The summed E-state index contributed by atoms with van der Waals surface area (Å²) in [5, 5.41) is 11.0. The summed E-state index contributed by atoms with van der Waals surface area (Å²) in [7, 11) is 0. The highest BCUT2D eigenvalue weighted by Crippen LogP contribution is 2.28. The number of hydrogen-bond donors (Lipinski definition) is 0. The highest BCUT2D eigenvalue weighted by molar-refractivity contribution is 5.68. The predicted molar refractivity (Wildman–Crippen MR) is 84.6 cm³/mol. The summed E-state index contributed by atoms with van der Waals surface area (Å²) in [5.74, 6) is 0.230. The Morgan fingerprint density at radius 2 is 2.04 bits per heavy atom. The van der Waals surface area contributed by atoms with Crippen molar-refractivity contribution in [1.82, 2.24) is 4.90 Å². The zero-order valence-corrected chi connectivity index (χ0v) is 13.7. The molecular weight excluding hydrogens is 300 g/mol. The lowest BCUT2D eigenvalue weighted by Gasteiger charge is -2.34. The van der Waals surface area contributed by atoms with Crippen LogP contribution in [0.15, 0.2) is 24.3 Å². The molecule has 1 fully saturated rings. The number of ether oxygens (including phenoxy) is 2. The molecule has 1 heterocycles. The molecule has 1 aromatic rings. The van der Waals surface area contributed by atoms with E-state index in [-0.39, 0.29) is 23.6 Å². The summed E-state index contributed by atoms with van der Waals surface area (Å²) in [4.78, 5) is 24.3. The number of likely N-dealkylation sites (tertiary alicyclic amines) is 1. The second kappa shape index (κ2) is 6.85. The summed E-state index contributed by atoms with van der Waals surface area (Å²) in [6.07, 6.45) is 0.848. The van der Waals surface area contributed by atoms with Gasteiger partial charge in [0.2, 0.25) is 0 Å². The number of benzene rings is 1. The summed E-state index contributed by atoms with van der Waals surface area (Å²) >= 11 is 0. The second-order valence-electron chi connectivity index (χ2n) is 6.53. The third-order valence-corrected chi connectivity index (χ3v) is 3.39. The van der Waals surface area contributed by atoms with Crippen LogP contribution in [0.3, 0.4) is 0 Å². The average molecular weight is 322 g/mol. The zero-order valence-electron chi connectivity index (χ0n) is 13.7. The lowest BCUT2D eigenvalue weighted by molar-refractivity contribution is -0.386. The van der Waals surface area contributed by atoms with E-state index in [2.05, 4.69) is 0 Å². The van der Waals surface area contributed by atoms with E-state index < -0.39 is 10.5 Å². The lowest BCUT2D eigenvalue weighted by atomic mass is 10.1. The monoisotopic (exact) mass is 322 g/mol. The molecule has 0 radical (unpaired) electrons. The van der Waals surface area contributed by atoms with Gasteiger partial charge in [0.15, 0.2) is 5.75 Å². The van der Waals surface area contributed by atoms with Crippen molar-refractivity contribution in [3.8, 4) is 5.75 Å². The minimum Gasteiger partial charge on any atom is -0.482 e. The van der Waals surface area contributed by atoms with Gasteiger partial charge in [-0.1, -0.05) is 12.1 Å². The first-order valence-corrected chi connectivity index (χ1v) is 7.64. The SMILES string of the molecule is CC(C)(C)OC(=O)N1CCC[C@H](Oc2ccccc2[N+](=O)[O-])C1. The Kier molecular flexibility index (Phi) is 5.08. The summed E-state index contributed by atoms with van der Waals surface area (Å²) < 4.78 is 11.1. The molecule has 1 atom stereocenters. The number of para-hydroxylation sites is 2. The molecule has 7 nitrogen and oxygen atoms in total. The number of hydrogen-bond acceptors (Lipinski definition) is 5.